The lowest BCUT2D eigenvalue weighted by atomic mass is 10.1. The van der Waals surface area contributed by atoms with Gasteiger partial charge in [-0.15, -0.1) is 0 Å². The fourth-order valence-electron chi connectivity index (χ4n) is 1.79. The largest absolute Gasteiger partial charge is 0.486 e. The summed E-state index contributed by atoms with van der Waals surface area (Å²) in [5, 5.41) is 13.6. The fourth-order valence-corrected chi connectivity index (χ4v) is 2.01. The number of ether oxygens (including phenoxy) is 1. The number of halogens is 2. The maximum absolute atomic E-state index is 13.5. The topological polar surface area (TPSA) is 64.4 Å². The van der Waals surface area contributed by atoms with E-state index in [4.69, 9.17) is 16.3 Å². The Morgan fingerprint density at radius 3 is 2.94 bits per heavy atom. The zero-order chi connectivity index (χ0) is 13.1. The van der Waals surface area contributed by atoms with E-state index < -0.39 is 17.2 Å². The normalized spacial score (nSPS) is 23.7. The molecule has 98 valence electrons. The molecule has 18 heavy (non-hydrogen) atoms. The first kappa shape index (κ1) is 13.0. The van der Waals surface area contributed by atoms with Crippen molar-refractivity contribution in [2.45, 2.75) is 18.7 Å². The SMILES string of the molecule is O=[N+]([O-])c1ccc(O[C@H]2CCNC[C@@H]2F)c(Cl)c1. The average Bonchev–Trinajstić information content (AvgIpc) is 2.34. The molecule has 1 N–H and O–H groups in total. The van der Waals surface area contributed by atoms with Crippen LogP contribution < -0.4 is 10.1 Å². The number of hydrogen-bond donors (Lipinski definition) is 1. The highest BCUT2D eigenvalue weighted by atomic mass is 35.5. The number of nitro groups is 1. The van der Waals surface area contributed by atoms with Crippen molar-refractivity contribution in [3.8, 4) is 5.75 Å². The number of alkyl halides is 1. The predicted molar refractivity (Wildman–Crippen MR) is 64.9 cm³/mol. The van der Waals surface area contributed by atoms with Crippen LogP contribution in [0.3, 0.4) is 0 Å². The van der Waals surface area contributed by atoms with Crippen LogP contribution in [0.15, 0.2) is 18.2 Å². The summed E-state index contributed by atoms with van der Waals surface area (Å²) >= 11 is 5.87. The number of piperidine rings is 1. The monoisotopic (exact) mass is 274 g/mol. The number of non-ortho nitro benzene ring substituents is 1. The minimum atomic E-state index is -1.11. The van der Waals surface area contributed by atoms with E-state index in [9.17, 15) is 14.5 Å². The van der Waals surface area contributed by atoms with Gasteiger partial charge in [-0.25, -0.2) is 4.39 Å². The molecule has 2 atom stereocenters. The zero-order valence-electron chi connectivity index (χ0n) is 9.44. The van der Waals surface area contributed by atoms with Crippen molar-refractivity contribution >= 4 is 17.3 Å². The average molecular weight is 275 g/mol. The molecule has 7 heteroatoms. The van der Waals surface area contributed by atoms with Crippen LogP contribution in [-0.2, 0) is 0 Å². The van der Waals surface area contributed by atoms with E-state index in [1.807, 2.05) is 0 Å². The van der Waals surface area contributed by atoms with Crippen LogP contribution in [0.4, 0.5) is 10.1 Å². The molecule has 0 aliphatic carbocycles. The van der Waals surface area contributed by atoms with Gasteiger partial charge < -0.3 is 10.1 Å². The van der Waals surface area contributed by atoms with Gasteiger partial charge in [0.25, 0.3) is 5.69 Å². The molecule has 0 spiro atoms. The van der Waals surface area contributed by atoms with E-state index in [0.717, 1.165) is 0 Å². The first-order chi connectivity index (χ1) is 8.58. The molecule has 0 aromatic heterocycles. The molecule has 1 saturated heterocycles. The summed E-state index contributed by atoms with van der Waals surface area (Å²) < 4.78 is 19.0. The van der Waals surface area contributed by atoms with Crippen molar-refractivity contribution in [1.29, 1.82) is 0 Å². The number of hydrogen-bond acceptors (Lipinski definition) is 4. The second-order valence-electron chi connectivity index (χ2n) is 4.04. The summed E-state index contributed by atoms with van der Waals surface area (Å²) in [6, 6.07) is 3.88. The molecule has 1 aliphatic heterocycles. The summed E-state index contributed by atoms with van der Waals surface area (Å²) in [7, 11) is 0. The van der Waals surface area contributed by atoms with Crippen LogP contribution in [0.2, 0.25) is 5.02 Å². The molecule has 0 unspecified atom stereocenters. The predicted octanol–water partition coefficient (Wildman–Crippen LogP) is 2.33. The Hall–Kier alpha value is -1.40. The van der Waals surface area contributed by atoms with Crippen LogP contribution in [0.25, 0.3) is 0 Å². The van der Waals surface area contributed by atoms with Gasteiger partial charge >= 0.3 is 0 Å². The maximum Gasteiger partial charge on any atom is 0.271 e. The molecule has 1 fully saturated rings. The summed E-state index contributed by atoms with van der Waals surface area (Å²) in [5.41, 5.74) is -0.116. The van der Waals surface area contributed by atoms with Gasteiger partial charge in [0.1, 0.15) is 18.0 Å². The second-order valence-corrected chi connectivity index (χ2v) is 4.44. The quantitative estimate of drug-likeness (QED) is 0.679. The molecule has 1 heterocycles. The van der Waals surface area contributed by atoms with Crippen LogP contribution in [0.5, 0.6) is 5.75 Å². The second kappa shape index (κ2) is 5.49. The molecular formula is C11H12ClFN2O3. The lowest BCUT2D eigenvalue weighted by molar-refractivity contribution is -0.384. The lowest BCUT2D eigenvalue weighted by Crippen LogP contribution is -2.44. The van der Waals surface area contributed by atoms with Gasteiger partial charge in [0.05, 0.1) is 9.95 Å². The van der Waals surface area contributed by atoms with Crippen molar-refractivity contribution in [2.75, 3.05) is 13.1 Å². The zero-order valence-corrected chi connectivity index (χ0v) is 10.2. The molecule has 5 nitrogen and oxygen atoms in total. The third kappa shape index (κ3) is 2.88. The van der Waals surface area contributed by atoms with Crippen molar-refractivity contribution in [3.63, 3.8) is 0 Å². The number of nitrogens with one attached hydrogen (secondary N) is 1. The summed E-state index contributed by atoms with van der Waals surface area (Å²) in [4.78, 5) is 10.0. The van der Waals surface area contributed by atoms with E-state index in [2.05, 4.69) is 5.32 Å². The van der Waals surface area contributed by atoms with Crippen molar-refractivity contribution in [2.24, 2.45) is 0 Å². The Morgan fingerprint density at radius 2 is 2.33 bits per heavy atom. The number of nitrogens with zero attached hydrogens (tertiary/aromatic N) is 1. The van der Waals surface area contributed by atoms with Crippen LogP contribution in [0, 0.1) is 10.1 Å². The van der Waals surface area contributed by atoms with E-state index in [-0.39, 0.29) is 23.0 Å². The Kier molecular flexibility index (Phi) is 3.98. The summed E-state index contributed by atoms with van der Waals surface area (Å²) in [6.07, 6.45) is -1.13. The minimum absolute atomic E-state index is 0.116. The molecule has 0 radical (unpaired) electrons. The van der Waals surface area contributed by atoms with E-state index >= 15 is 0 Å². The highest BCUT2D eigenvalue weighted by Crippen LogP contribution is 2.30. The van der Waals surface area contributed by atoms with E-state index in [0.29, 0.717) is 13.0 Å². The lowest BCUT2D eigenvalue weighted by Gasteiger charge is -2.27. The first-order valence-corrected chi connectivity index (χ1v) is 5.91. The first-order valence-electron chi connectivity index (χ1n) is 5.53. The molecule has 0 amide bonds. The van der Waals surface area contributed by atoms with Gasteiger partial charge in [-0.1, -0.05) is 11.6 Å². The number of benzene rings is 1. The Morgan fingerprint density at radius 1 is 1.56 bits per heavy atom. The van der Waals surface area contributed by atoms with Gasteiger partial charge in [-0.2, -0.15) is 0 Å². The molecule has 1 aromatic carbocycles. The third-order valence-electron chi connectivity index (χ3n) is 2.75. The van der Waals surface area contributed by atoms with Gasteiger partial charge in [0.2, 0.25) is 0 Å². The van der Waals surface area contributed by atoms with E-state index in [1.54, 1.807) is 0 Å². The molecular weight excluding hydrogens is 263 g/mol. The Labute approximate surface area is 108 Å². The van der Waals surface area contributed by atoms with Gasteiger partial charge in [-0.05, 0) is 19.0 Å². The van der Waals surface area contributed by atoms with E-state index in [1.165, 1.54) is 18.2 Å². The molecule has 0 bridgehead atoms. The Bertz CT molecular complexity index is 458. The summed E-state index contributed by atoms with van der Waals surface area (Å²) in [5.74, 6) is 0.275. The number of nitro benzene ring substituents is 1. The van der Waals surface area contributed by atoms with Crippen LogP contribution in [-0.4, -0.2) is 30.3 Å². The van der Waals surface area contributed by atoms with Crippen LogP contribution in [0.1, 0.15) is 6.42 Å². The van der Waals surface area contributed by atoms with Crippen LogP contribution >= 0.6 is 11.6 Å². The van der Waals surface area contributed by atoms with Gasteiger partial charge in [0.15, 0.2) is 0 Å². The molecule has 1 aliphatic rings. The maximum atomic E-state index is 13.5. The molecule has 0 saturated carbocycles. The number of rotatable bonds is 3. The molecule has 1 aromatic rings. The summed E-state index contributed by atoms with van der Waals surface area (Å²) in [6.45, 7) is 0.922. The molecule has 2 rings (SSSR count). The van der Waals surface area contributed by atoms with Gasteiger partial charge in [0, 0.05) is 18.7 Å². The third-order valence-corrected chi connectivity index (χ3v) is 3.05. The standard InChI is InChI=1S/C11H12ClFN2O3/c12-8-5-7(15(16)17)1-2-10(8)18-11-3-4-14-6-9(11)13/h1-2,5,9,11,14H,3-4,6H2/t9-,11-/m0/s1. The van der Waals surface area contributed by atoms with Gasteiger partial charge in [-0.3, -0.25) is 10.1 Å². The van der Waals surface area contributed by atoms with Crippen molar-refractivity contribution < 1.29 is 14.1 Å². The fraction of sp³-hybridized carbons (Fsp3) is 0.455. The minimum Gasteiger partial charge on any atom is -0.486 e. The highest BCUT2D eigenvalue weighted by molar-refractivity contribution is 6.32. The highest BCUT2D eigenvalue weighted by Gasteiger charge is 2.27. The van der Waals surface area contributed by atoms with Crippen molar-refractivity contribution in [3.05, 3.63) is 33.3 Å². The smallest absolute Gasteiger partial charge is 0.271 e. The van der Waals surface area contributed by atoms with Crippen molar-refractivity contribution in [1.82, 2.24) is 5.32 Å². The Balaban J connectivity index is 2.11.